The van der Waals surface area contributed by atoms with Gasteiger partial charge < -0.3 is 24.3 Å². The summed E-state index contributed by atoms with van der Waals surface area (Å²) in [6.07, 6.45) is -1.02. The number of hydrogen-bond donors (Lipinski definition) is 1. The summed E-state index contributed by atoms with van der Waals surface area (Å²) in [6, 6.07) is 8.51. The zero-order valence-electron chi connectivity index (χ0n) is 20.3. The van der Waals surface area contributed by atoms with Crippen molar-refractivity contribution < 1.29 is 47.8 Å². The first-order valence-electron chi connectivity index (χ1n) is 11.0. The van der Waals surface area contributed by atoms with Crippen LogP contribution in [0.25, 0.3) is 0 Å². The van der Waals surface area contributed by atoms with E-state index in [0.717, 1.165) is 19.1 Å². The summed E-state index contributed by atoms with van der Waals surface area (Å²) in [7, 11) is 2.16. The van der Waals surface area contributed by atoms with Crippen molar-refractivity contribution in [2.45, 2.75) is 18.7 Å². The number of hydrogen-bond acceptors (Lipinski definition) is 11. The highest BCUT2D eigenvalue weighted by Crippen LogP contribution is 2.25. The van der Waals surface area contributed by atoms with E-state index in [0.29, 0.717) is 5.56 Å². The lowest BCUT2D eigenvalue weighted by Crippen LogP contribution is -2.50. The second-order valence-corrected chi connectivity index (χ2v) is 7.82. The summed E-state index contributed by atoms with van der Waals surface area (Å²) in [6.45, 7) is -1.29. The Hall–Kier alpha value is -4.85. The number of carbonyl (C=O) groups is 5. The molecule has 14 heteroatoms. The second-order valence-electron chi connectivity index (χ2n) is 7.82. The van der Waals surface area contributed by atoms with Crippen LogP contribution in [0.15, 0.2) is 48.5 Å². The highest BCUT2D eigenvalue weighted by Gasteiger charge is 2.43. The minimum absolute atomic E-state index is 0.122. The van der Waals surface area contributed by atoms with Crippen LogP contribution in [0.1, 0.15) is 26.3 Å². The number of carbonyl (C=O) groups excluding carboxylic acids is 5. The van der Waals surface area contributed by atoms with Crippen LogP contribution < -0.4 is 5.32 Å². The van der Waals surface area contributed by atoms with Crippen molar-refractivity contribution in [3.63, 3.8) is 0 Å². The number of ether oxygens (including phenoxy) is 4. The van der Waals surface area contributed by atoms with E-state index >= 15 is 0 Å². The number of nitro benzene ring substituents is 1. The van der Waals surface area contributed by atoms with E-state index in [1.807, 2.05) is 0 Å². The predicted octanol–water partition coefficient (Wildman–Crippen LogP) is 1.22. The molecule has 2 aromatic carbocycles. The number of fused-ring (bicyclic) bond motifs is 1. The Bertz CT molecular complexity index is 1210. The molecule has 38 heavy (non-hydrogen) atoms. The fraction of sp³-hybridized carbons (Fsp3) is 0.292. The number of nitro groups is 1. The normalized spacial score (nSPS) is 13.8. The summed E-state index contributed by atoms with van der Waals surface area (Å²) in [5.74, 6) is -3.23. The number of nitrogens with one attached hydrogen (secondary N) is 1. The number of amides is 3. The number of esters is 2. The molecule has 1 heterocycles. The Balaban J connectivity index is 1.60. The highest BCUT2D eigenvalue weighted by atomic mass is 16.6. The van der Waals surface area contributed by atoms with E-state index in [1.165, 1.54) is 36.4 Å². The lowest BCUT2D eigenvalue weighted by Gasteiger charge is -2.24. The van der Waals surface area contributed by atoms with Gasteiger partial charge in [0.05, 0.1) is 43.5 Å². The highest BCUT2D eigenvalue weighted by molar-refractivity contribution is 6.22. The van der Waals surface area contributed by atoms with E-state index in [4.69, 9.17) is 14.2 Å². The third-order valence-corrected chi connectivity index (χ3v) is 5.47. The topological polar surface area (TPSA) is 181 Å². The molecule has 14 nitrogen and oxygen atoms in total. The van der Waals surface area contributed by atoms with Crippen LogP contribution in [-0.2, 0) is 35.1 Å². The van der Waals surface area contributed by atoms with Gasteiger partial charge in [0, 0.05) is 12.1 Å². The first-order chi connectivity index (χ1) is 18.2. The van der Waals surface area contributed by atoms with Gasteiger partial charge in [0.1, 0.15) is 6.61 Å². The number of imide groups is 1. The van der Waals surface area contributed by atoms with Gasteiger partial charge in [-0.3, -0.25) is 24.6 Å². The molecule has 0 saturated carbocycles. The SMILES string of the molecule is COC(=O)[C@H](COC[C@H](C(=O)OC)N1C(=O)c2ccccc2C1=O)NC(=O)OCc1ccc([N+](=O)[O-])cc1. The molecule has 1 N–H and O–H groups in total. The van der Waals surface area contributed by atoms with Crippen molar-refractivity contribution >= 4 is 35.5 Å². The van der Waals surface area contributed by atoms with E-state index in [1.54, 1.807) is 12.1 Å². The number of non-ortho nitro benzene ring substituents is 1. The average Bonchev–Trinajstić information content (AvgIpc) is 3.18. The summed E-state index contributed by atoms with van der Waals surface area (Å²) in [5, 5.41) is 13.0. The van der Waals surface area contributed by atoms with Crippen LogP contribution in [0.3, 0.4) is 0 Å². The summed E-state index contributed by atoms with van der Waals surface area (Å²) in [4.78, 5) is 73.2. The lowest BCUT2D eigenvalue weighted by atomic mass is 10.1. The molecule has 0 saturated heterocycles. The molecule has 0 spiro atoms. The van der Waals surface area contributed by atoms with Crippen LogP contribution in [0.4, 0.5) is 10.5 Å². The Morgan fingerprint density at radius 2 is 1.50 bits per heavy atom. The van der Waals surface area contributed by atoms with Crippen LogP contribution in [0.5, 0.6) is 0 Å². The molecule has 0 fully saturated rings. The first-order valence-corrected chi connectivity index (χ1v) is 11.0. The molecule has 0 aromatic heterocycles. The third kappa shape index (κ3) is 6.28. The van der Waals surface area contributed by atoms with Gasteiger partial charge in [0.2, 0.25) is 0 Å². The maximum Gasteiger partial charge on any atom is 0.408 e. The van der Waals surface area contributed by atoms with Gasteiger partial charge >= 0.3 is 18.0 Å². The standard InChI is InChI=1S/C24H23N3O11/c1-35-22(30)18(25-24(32)38-11-14-7-9-15(10-8-14)27(33)34)12-37-13-19(23(31)36-2)26-20(28)16-5-3-4-6-17(16)21(26)29/h3-10,18-19H,11-13H2,1-2H3,(H,25,32)/t18-,19+/m0/s1. The van der Waals surface area contributed by atoms with Gasteiger partial charge in [-0.1, -0.05) is 12.1 Å². The van der Waals surface area contributed by atoms with Gasteiger partial charge in [-0.05, 0) is 29.8 Å². The molecule has 2 aromatic rings. The summed E-state index contributed by atoms with van der Waals surface area (Å²) >= 11 is 0. The number of rotatable bonds is 11. The molecular formula is C24H23N3O11. The van der Waals surface area contributed by atoms with Crippen LogP contribution in [0.2, 0.25) is 0 Å². The van der Waals surface area contributed by atoms with Gasteiger partial charge in [-0.25, -0.2) is 14.4 Å². The van der Waals surface area contributed by atoms with Crippen LogP contribution in [-0.4, -0.2) is 79.2 Å². The Morgan fingerprint density at radius 3 is 2.03 bits per heavy atom. The van der Waals surface area contributed by atoms with Crippen LogP contribution >= 0.6 is 0 Å². The number of nitrogens with zero attached hydrogens (tertiary/aromatic N) is 2. The molecule has 2 atom stereocenters. The lowest BCUT2D eigenvalue weighted by molar-refractivity contribution is -0.384. The molecule has 1 aliphatic rings. The molecule has 200 valence electrons. The molecule has 0 bridgehead atoms. The Morgan fingerprint density at radius 1 is 0.921 bits per heavy atom. The Labute approximate surface area is 215 Å². The van der Waals surface area contributed by atoms with Crippen molar-refractivity contribution in [1.82, 2.24) is 10.2 Å². The monoisotopic (exact) mass is 529 g/mol. The maximum atomic E-state index is 12.8. The first kappa shape index (κ1) is 27.7. The van der Waals surface area contributed by atoms with Crippen molar-refractivity contribution in [2.24, 2.45) is 0 Å². The van der Waals surface area contributed by atoms with Crippen molar-refractivity contribution in [2.75, 3.05) is 27.4 Å². The van der Waals surface area contributed by atoms with Crippen LogP contribution in [0, 0.1) is 10.1 Å². The van der Waals surface area contributed by atoms with Gasteiger partial charge in [0.25, 0.3) is 17.5 Å². The smallest absolute Gasteiger partial charge is 0.408 e. The van der Waals surface area contributed by atoms with Crippen molar-refractivity contribution in [3.8, 4) is 0 Å². The minimum Gasteiger partial charge on any atom is -0.467 e. The third-order valence-electron chi connectivity index (χ3n) is 5.47. The van der Waals surface area contributed by atoms with E-state index in [-0.39, 0.29) is 23.4 Å². The second kappa shape index (κ2) is 12.4. The zero-order valence-corrected chi connectivity index (χ0v) is 20.3. The number of alkyl carbamates (subject to hydrolysis) is 1. The fourth-order valence-corrected chi connectivity index (χ4v) is 3.53. The molecule has 3 amide bonds. The molecular weight excluding hydrogens is 506 g/mol. The minimum atomic E-state index is -1.46. The van der Waals surface area contributed by atoms with Gasteiger partial charge in [-0.15, -0.1) is 0 Å². The van der Waals surface area contributed by atoms with E-state index < -0.39 is 60.1 Å². The van der Waals surface area contributed by atoms with Gasteiger partial charge in [-0.2, -0.15) is 0 Å². The van der Waals surface area contributed by atoms with Crippen molar-refractivity contribution in [3.05, 3.63) is 75.3 Å². The van der Waals surface area contributed by atoms with E-state index in [9.17, 15) is 34.1 Å². The Kier molecular flexibility index (Phi) is 9.05. The average molecular weight is 529 g/mol. The fourth-order valence-electron chi connectivity index (χ4n) is 3.53. The largest absolute Gasteiger partial charge is 0.467 e. The maximum absolute atomic E-state index is 12.8. The van der Waals surface area contributed by atoms with E-state index in [2.05, 4.69) is 10.1 Å². The molecule has 0 aliphatic carbocycles. The zero-order chi connectivity index (χ0) is 27.8. The summed E-state index contributed by atoms with van der Waals surface area (Å²) in [5.41, 5.74) is 0.568. The molecule has 0 radical (unpaired) electrons. The molecule has 0 unspecified atom stereocenters. The number of methoxy groups -OCH3 is 2. The molecule has 3 rings (SSSR count). The quantitative estimate of drug-likeness (QED) is 0.145. The predicted molar refractivity (Wildman–Crippen MR) is 126 cm³/mol. The molecule has 1 aliphatic heterocycles. The number of benzene rings is 2. The van der Waals surface area contributed by atoms with Gasteiger partial charge in [0.15, 0.2) is 12.1 Å². The summed E-state index contributed by atoms with van der Waals surface area (Å²) < 4.78 is 19.8. The van der Waals surface area contributed by atoms with Crippen molar-refractivity contribution in [1.29, 1.82) is 0 Å².